The number of piperidine rings is 2. The molecule has 1 amide bonds. The molecule has 11 nitrogen and oxygen atoms in total. The summed E-state index contributed by atoms with van der Waals surface area (Å²) in [5, 5.41) is 8.27. The number of anilines is 4. The first kappa shape index (κ1) is 31.4. The first-order valence-corrected chi connectivity index (χ1v) is 15.8. The van der Waals surface area contributed by atoms with Crippen LogP contribution in [0.15, 0.2) is 67.6 Å². The van der Waals surface area contributed by atoms with E-state index >= 15 is 0 Å². The molecule has 0 aliphatic carbocycles. The van der Waals surface area contributed by atoms with E-state index in [9.17, 15) is 4.79 Å². The summed E-state index contributed by atoms with van der Waals surface area (Å²) in [4.78, 5) is 29.6. The van der Waals surface area contributed by atoms with Crippen molar-refractivity contribution in [2.45, 2.75) is 37.8 Å². The van der Waals surface area contributed by atoms with Crippen molar-refractivity contribution in [2.75, 3.05) is 55.9 Å². The van der Waals surface area contributed by atoms with Gasteiger partial charge in [0.15, 0.2) is 0 Å². The third kappa shape index (κ3) is 7.11. The molecule has 0 radical (unpaired) electrons. The molecule has 240 valence electrons. The fourth-order valence-corrected chi connectivity index (χ4v) is 6.18. The Hall–Kier alpha value is -4.61. The summed E-state index contributed by atoms with van der Waals surface area (Å²) in [7, 11) is 3.39. The molecule has 2 saturated heterocycles. The third-order valence-electron chi connectivity index (χ3n) is 8.47. The topological polar surface area (TPSA) is 114 Å². The van der Waals surface area contributed by atoms with Crippen LogP contribution in [0.2, 0.25) is 5.02 Å². The highest BCUT2D eigenvalue weighted by atomic mass is 35.5. The van der Waals surface area contributed by atoms with Crippen LogP contribution in [0.4, 0.5) is 23.0 Å². The van der Waals surface area contributed by atoms with Gasteiger partial charge in [-0.2, -0.15) is 0 Å². The maximum atomic E-state index is 12.0. The molecule has 4 heterocycles. The van der Waals surface area contributed by atoms with Gasteiger partial charge < -0.3 is 34.6 Å². The second-order valence-electron chi connectivity index (χ2n) is 11.4. The lowest BCUT2D eigenvalue weighted by atomic mass is 10.0. The Morgan fingerprint density at radius 2 is 1.87 bits per heavy atom. The van der Waals surface area contributed by atoms with E-state index in [0.29, 0.717) is 41.2 Å². The van der Waals surface area contributed by atoms with Gasteiger partial charge >= 0.3 is 0 Å². The van der Waals surface area contributed by atoms with Crippen LogP contribution in [0.1, 0.15) is 25.7 Å². The number of benzene rings is 2. The number of nitrogens with one attached hydrogen (secondary N) is 2. The average Bonchev–Trinajstić information content (AvgIpc) is 3.09. The normalized spacial score (nSPS) is 17.1. The summed E-state index contributed by atoms with van der Waals surface area (Å²) in [5.41, 5.74) is 2.31. The molecule has 2 N–H and O–H groups in total. The zero-order valence-electron chi connectivity index (χ0n) is 26.0. The van der Waals surface area contributed by atoms with E-state index < -0.39 is 0 Å². The van der Waals surface area contributed by atoms with Crippen molar-refractivity contribution in [3.8, 4) is 17.2 Å². The van der Waals surface area contributed by atoms with Crippen LogP contribution in [-0.4, -0.2) is 78.3 Å². The Morgan fingerprint density at radius 3 is 2.63 bits per heavy atom. The maximum Gasteiger partial charge on any atom is 0.245 e. The minimum atomic E-state index is -0.0327. The molecule has 0 unspecified atom stereocenters. The molecule has 2 aliphatic heterocycles. The minimum absolute atomic E-state index is 0.0327. The summed E-state index contributed by atoms with van der Waals surface area (Å²) in [6, 6.07) is 13.4. The van der Waals surface area contributed by atoms with Crippen LogP contribution in [0.3, 0.4) is 0 Å². The third-order valence-corrected chi connectivity index (χ3v) is 8.77. The van der Waals surface area contributed by atoms with E-state index in [0.717, 1.165) is 66.9 Å². The SMILES string of the molecule is C=CC(=O)N1CCC(Nc2cc3c(Nc4ccc(Oc5ccnc(N6CCC[C@@H](OC)C6)c5)c(Cl)c4)ncnc3cc2OC)CC1. The average molecular weight is 644 g/mol. The zero-order valence-corrected chi connectivity index (χ0v) is 26.8. The second kappa shape index (κ2) is 14.2. The highest BCUT2D eigenvalue weighted by molar-refractivity contribution is 6.32. The van der Waals surface area contributed by atoms with Gasteiger partial charge in [-0.3, -0.25) is 4.79 Å². The number of hydrogen-bond donors (Lipinski definition) is 2. The highest BCUT2D eigenvalue weighted by Crippen LogP contribution is 2.37. The number of carbonyl (C=O) groups is 1. The van der Waals surface area contributed by atoms with Gasteiger partial charge in [-0.05, 0) is 62.1 Å². The molecular weight excluding hydrogens is 606 g/mol. The number of methoxy groups -OCH3 is 2. The summed E-state index contributed by atoms with van der Waals surface area (Å²) < 4.78 is 17.4. The molecular formula is C34H38ClN7O4. The Labute approximate surface area is 273 Å². The van der Waals surface area contributed by atoms with Crippen molar-refractivity contribution >= 4 is 51.4 Å². The number of aromatic nitrogens is 3. The number of fused-ring (bicyclic) bond motifs is 1. The quantitative estimate of drug-likeness (QED) is 0.188. The largest absolute Gasteiger partial charge is 0.495 e. The fraction of sp³-hybridized carbons (Fsp3) is 0.353. The summed E-state index contributed by atoms with van der Waals surface area (Å²) in [6.07, 6.45) is 8.57. The number of hydrogen-bond acceptors (Lipinski definition) is 10. The molecule has 4 aromatic rings. The van der Waals surface area contributed by atoms with Gasteiger partial charge in [-0.1, -0.05) is 18.2 Å². The monoisotopic (exact) mass is 643 g/mol. The number of ether oxygens (including phenoxy) is 3. The number of rotatable bonds is 10. The molecule has 2 fully saturated rings. The van der Waals surface area contributed by atoms with Crippen molar-refractivity contribution in [3.63, 3.8) is 0 Å². The van der Waals surface area contributed by atoms with Crippen molar-refractivity contribution < 1.29 is 19.0 Å². The number of nitrogens with zero attached hydrogens (tertiary/aromatic N) is 5. The first-order chi connectivity index (χ1) is 22.4. The van der Waals surface area contributed by atoms with E-state index in [2.05, 4.69) is 37.1 Å². The Balaban J connectivity index is 1.17. The molecule has 0 spiro atoms. The zero-order chi connectivity index (χ0) is 32.0. The van der Waals surface area contributed by atoms with Crippen LogP contribution >= 0.6 is 11.6 Å². The van der Waals surface area contributed by atoms with Crippen LogP contribution in [0.5, 0.6) is 17.2 Å². The summed E-state index contributed by atoms with van der Waals surface area (Å²) >= 11 is 6.71. The Kier molecular flexibility index (Phi) is 9.70. The minimum Gasteiger partial charge on any atom is -0.495 e. The maximum absolute atomic E-state index is 12.0. The molecule has 0 bridgehead atoms. The molecule has 2 aromatic carbocycles. The van der Waals surface area contributed by atoms with E-state index in [1.54, 1.807) is 20.4 Å². The predicted octanol–water partition coefficient (Wildman–Crippen LogP) is 6.43. The Morgan fingerprint density at radius 1 is 1.02 bits per heavy atom. The van der Waals surface area contributed by atoms with Crippen LogP contribution in [0.25, 0.3) is 10.9 Å². The van der Waals surface area contributed by atoms with Crippen molar-refractivity contribution in [3.05, 3.63) is 72.7 Å². The van der Waals surface area contributed by atoms with E-state index in [-0.39, 0.29) is 18.1 Å². The summed E-state index contributed by atoms with van der Waals surface area (Å²) in [5.74, 6) is 3.31. The number of pyridine rings is 1. The van der Waals surface area contributed by atoms with Gasteiger partial charge in [-0.15, -0.1) is 0 Å². The van der Waals surface area contributed by atoms with Crippen molar-refractivity contribution in [1.82, 2.24) is 19.9 Å². The van der Waals surface area contributed by atoms with Crippen molar-refractivity contribution in [2.24, 2.45) is 0 Å². The van der Waals surface area contributed by atoms with Crippen molar-refractivity contribution in [1.29, 1.82) is 0 Å². The van der Waals surface area contributed by atoms with Gasteiger partial charge in [0.2, 0.25) is 5.91 Å². The lowest BCUT2D eigenvalue weighted by Gasteiger charge is -2.32. The van der Waals surface area contributed by atoms with Crippen LogP contribution in [-0.2, 0) is 9.53 Å². The molecule has 0 saturated carbocycles. The molecule has 6 rings (SSSR count). The lowest BCUT2D eigenvalue weighted by Crippen LogP contribution is -2.41. The van der Waals surface area contributed by atoms with E-state index in [4.69, 9.17) is 25.8 Å². The number of amides is 1. The lowest BCUT2D eigenvalue weighted by molar-refractivity contribution is -0.126. The Bertz CT molecular complexity index is 1710. The van der Waals surface area contributed by atoms with Gasteiger partial charge in [0.1, 0.15) is 35.2 Å². The highest BCUT2D eigenvalue weighted by Gasteiger charge is 2.23. The summed E-state index contributed by atoms with van der Waals surface area (Å²) in [6.45, 7) is 6.67. The van der Waals surface area contributed by atoms with Gasteiger partial charge in [-0.25, -0.2) is 15.0 Å². The fourth-order valence-electron chi connectivity index (χ4n) is 5.96. The first-order valence-electron chi connectivity index (χ1n) is 15.4. The molecule has 2 aliphatic rings. The number of halogens is 1. The number of carbonyl (C=O) groups excluding carboxylic acids is 1. The second-order valence-corrected chi connectivity index (χ2v) is 11.8. The van der Waals surface area contributed by atoms with Gasteiger partial charge in [0.05, 0.1) is 29.4 Å². The van der Waals surface area contributed by atoms with Gasteiger partial charge in [0.25, 0.3) is 0 Å². The molecule has 12 heteroatoms. The standard InChI is InChI=1S/C34H38ClN7O4/c1-4-33(43)41-14-10-22(11-15-41)39-29-18-26-28(19-31(29)45-3)37-21-38-34(26)40-23-7-8-30(27(35)16-23)46-24-9-12-36-32(17-24)42-13-5-6-25(20-42)44-2/h4,7-9,12,16-19,21-22,25,39H,1,5-6,10-11,13-15,20H2,2-3H3,(H,37,38,40)/t25-/m1/s1. The van der Waals surface area contributed by atoms with Crippen LogP contribution in [0, 0.1) is 0 Å². The van der Waals surface area contributed by atoms with E-state index in [1.165, 1.54) is 12.4 Å². The van der Waals surface area contributed by atoms with E-state index in [1.807, 2.05) is 47.4 Å². The predicted molar refractivity (Wildman–Crippen MR) is 181 cm³/mol. The molecule has 1 atom stereocenters. The van der Waals surface area contributed by atoms with Gasteiger partial charge in [0, 0.05) is 68.7 Å². The van der Waals surface area contributed by atoms with Crippen LogP contribution < -0.4 is 25.0 Å². The smallest absolute Gasteiger partial charge is 0.245 e. The molecule has 46 heavy (non-hydrogen) atoms. The molecule has 2 aromatic heterocycles. The number of likely N-dealkylation sites (tertiary alicyclic amines) is 1.